The second-order valence-electron chi connectivity index (χ2n) is 5.58. The highest BCUT2D eigenvalue weighted by Gasteiger charge is 2.30. The second kappa shape index (κ2) is 5.29. The van der Waals surface area contributed by atoms with Gasteiger partial charge >= 0.3 is 0 Å². The van der Waals surface area contributed by atoms with E-state index in [0.29, 0.717) is 12.5 Å². The number of fused-ring (bicyclic) bond motifs is 1. The fourth-order valence-electron chi connectivity index (χ4n) is 2.84. The van der Waals surface area contributed by atoms with Crippen LogP contribution in [-0.2, 0) is 4.79 Å². The number of nitrogens with two attached hydrogens (primary N) is 1. The van der Waals surface area contributed by atoms with Gasteiger partial charge in [-0.3, -0.25) is 4.79 Å². The third-order valence-electron chi connectivity index (χ3n) is 4.17. The molecule has 0 saturated carbocycles. The van der Waals surface area contributed by atoms with Crippen molar-refractivity contribution < 1.29 is 9.21 Å². The number of carbonyl (C=O) groups is 1. The fraction of sp³-hybridized carbons (Fsp3) is 0.438. The van der Waals surface area contributed by atoms with Crippen molar-refractivity contribution in [2.45, 2.75) is 19.3 Å². The molecule has 106 valence electrons. The first-order chi connectivity index (χ1) is 9.69. The van der Waals surface area contributed by atoms with Crippen LogP contribution in [0.25, 0.3) is 11.0 Å². The van der Waals surface area contributed by atoms with E-state index in [1.54, 1.807) is 0 Å². The number of hydrogen-bond donors (Lipinski definition) is 1. The van der Waals surface area contributed by atoms with Gasteiger partial charge in [0.2, 0.25) is 5.91 Å². The summed E-state index contributed by atoms with van der Waals surface area (Å²) in [6.45, 7) is 4.16. The molecule has 4 heteroatoms. The van der Waals surface area contributed by atoms with Gasteiger partial charge in [0.05, 0.1) is 5.92 Å². The van der Waals surface area contributed by atoms with Gasteiger partial charge in [0, 0.05) is 18.5 Å². The SMILES string of the molecule is CC(C(=O)N1CCC(CN)C1)c1cc2ccccc2o1. The molecule has 1 aromatic carbocycles. The number of hydrogen-bond acceptors (Lipinski definition) is 3. The first kappa shape index (κ1) is 13.2. The summed E-state index contributed by atoms with van der Waals surface area (Å²) in [6, 6.07) is 9.80. The van der Waals surface area contributed by atoms with Crippen LogP contribution in [0.3, 0.4) is 0 Å². The van der Waals surface area contributed by atoms with E-state index >= 15 is 0 Å². The number of amides is 1. The van der Waals surface area contributed by atoms with E-state index in [1.165, 1.54) is 0 Å². The first-order valence-electron chi connectivity index (χ1n) is 7.16. The van der Waals surface area contributed by atoms with Gasteiger partial charge in [-0.15, -0.1) is 0 Å². The molecule has 2 unspecified atom stereocenters. The number of furan rings is 1. The van der Waals surface area contributed by atoms with E-state index in [9.17, 15) is 4.79 Å². The minimum atomic E-state index is -0.237. The predicted octanol–water partition coefficient (Wildman–Crippen LogP) is 2.34. The highest BCUT2D eigenvalue weighted by Crippen LogP contribution is 2.27. The number of benzene rings is 1. The number of para-hydroxylation sites is 1. The molecule has 0 spiro atoms. The Morgan fingerprint density at radius 1 is 1.50 bits per heavy atom. The maximum absolute atomic E-state index is 12.5. The normalized spacial score (nSPS) is 20.5. The topological polar surface area (TPSA) is 59.5 Å². The molecule has 1 aliphatic rings. The summed E-state index contributed by atoms with van der Waals surface area (Å²) in [4.78, 5) is 14.4. The largest absolute Gasteiger partial charge is 0.460 e. The molecule has 0 bridgehead atoms. The van der Waals surface area contributed by atoms with Crippen molar-refractivity contribution in [2.75, 3.05) is 19.6 Å². The minimum Gasteiger partial charge on any atom is -0.460 e. The van der Waals surface area contributed by atoms with Gasteiger partial charge in [-0.1, -0.05) is 18.2 Å². The van der Waals surface area contributed by atoms with Crippen LogP contribution in [0.15, 0.2) is 34.7 Å². The molecule has 0 radical (unpaired) electrons. The maximum atomic E-state index is 12.5. The Labute approximate surface area is 118 Å². The lowest BCUT2D eigenvalue weighted by molar-refractivity contribution is -0.131. The maximum Gasteiger partial charge on any atom is 0.233 e. The van der Waals surface area contributed by atoms with Gasteiger partial charge in [-0.2, -0.15) is 0 Å². The minimum absolute atomic E-state index is 0.139. The molecule has 2 N–H and O–H groups in total. The zero-order valence-corrected chi connectivity index (χ0v) is 11.7. The molecular weight excluding hydrogens is 252 g/mol. The Kier molecular flexibility index (Phi) is 3.49. The van der Waals surface area contributed by atoms with Crippen LogP contribution in [-0.4, -0.2) is 30.4 Å². The van der Waals surface area contributed by atoms with Gasteiger partial charge in [0.1, 0.15) is 11.3 Å². The van der Waals surface area contributed by atoms with Crippen molar-refractivity contribution in [3.63, 3.8) is 0 Å². The Morgan fingerprint density at radius 3 is 3.00 bits per heavy atom. The molecule has 1 aliphatic heterocycles. The van der Waals surface area contributed by atoms with Crippen LogP contribution in [0, 0.1) is 5.92 Å². The second-order valence-corrected chi connectivity index (χ2v) is 5.58. The van der Waals surface area contributed by atoms with E-state index in [2.05, 4.69) is 0 Å². The summed E-state index contributed by atoms with van der Waals surface area (Å²) in [5, 5.41) is 1.04. The molecule has 1 fully saturated rings. The summed E-state index contributed by atoms with van der Waals surface area (Å²) >= 11 is 0. The highest BCUT2D eigenvalue weighted by molar-refractivity contribution is 5.85. The number of carbonyl (C=O) groups excluding carboxylic acids is 1. The van der Waals surface area contributed by atoms with Gasteiger partial charge < -0.3 is 15.1 Å². The van der Waals surface area contributed by atoms with Crippen LogP contribution in [0.2, 0.25) is 0 Å². The number of likely N-dealkylation sites (tertiary alicyclic amines) is 1. The molecule has 1 saturated heterocycles. The molecule has 1 amide bonds. The summed E-state index contributed by atoms with van der Waals surface area (Å²) in [5.41, 5.74) is 6.51. The quantitative estimate of drug-likeness (QED) is 0.933. The third kappa shape index (κ3) is 2.31. The first-order valence-corrected chi connectivity index (χ1v) is 7.16. The van der Waals surface area contributed by atoms with Gasteiger partial charge in [0.25, 0.3) is 0 Å². The van der Waals surface area contributed by atoms with E-state index in [1.807, 2.05) is 42.2 Å². The lowest BCUT2D eigenvalue weighted by Gasteiger charge is -2.19. The average Bonchev–Trinajstić information content (AvgIpc) is 3.11. The molecule has 2 aromatic rings. The zero-order chi connectivity index (χ0) is 14.1. The van der Waals surface area contributed by atoms with E-state index in [0.717, 1.165) is 36.2 Å². The Hall–Kier alpha value is -1.81. The lowest BCUT2D eigenvalue weighted by Crippen LogP contribution is -2.33. The number of rotatable bonds is 3. The standard InChI is InChI=1S/C16H20N2O2/c1-11(16(19)18-7-6-12(9-17)10-18)15-8-13-4-2-3-5-14(13)20-15/h2-5,8,11-12H,6-7,9-10,17H2,1H3. The van der Waals surface area contributed by atoms with Crippen molar-refractivity contribution in [3.05, 3.63) is 36.1 Å². The van der Waals surface area contributed by atoms with Crippen molar-refractivity contribution in [1.29, 1.82) is 0 Å². The molecular formula is C16H20N2O2. The van der Waals surface area contributed by atoms with Crippen molar-refractivity contribution in [3.8, 4) is 0 Å². The van der Waals surface area contributed by atoms with E-state index in [4.69, 9.17) is 10.2 Å². The molecule has 1 aromatic heterocycles. The van der Waals surface area contributed by atoms with Crippen molar-refractivity contribution >= 4 is 16.9 Å². The van der Waals surface area contributed by atoms with Crippen LogP contribution in [0.1, 0.15) is 25.0 Å². The summed E-state index contributed by atoms with van der Waals surface area (Å²) in [6.07, 6.45) is 1.01. The summed E-state index contributed by atoms with van der Waals surface area (Å²) in [5.74, 6) is 1.09. The van der Waals surface area contributed by atoms with Crippen LogP contribution < -0.4 is 5.73 Å². The molecule has 3 rings (SSSR count). The van der Waals surface area contributed by atoms with Crippen molar-refractivity contribution in [2.24, 2.45) is 11.7 Å². The molecule has 0 aliphatic carbocycles. The monoisotopic (exact) mass is 272 g/mol. The predicted molar refractivity (Wildman–Crippen MR) is 78.4 cm³/mol. The molecule has 2 heterocycles. The third-order valence-corrected chi connectivity index (χ3v) is 4.17. The zero-order valence-electron chi connectivity index (χ0n) is 11.7. The average molecular weight is 272 g/mol. The Morgan fingerprint density at radius 2 is 2.30 bits per heavy atom. The molecule has 2 atom stereocenters. The summed E-state index contributed by atoms with van der Waals surface area (Å²) < 4.78 is 5.79. The van der Waals surface area contributed by atoms with Gasteiger partial charge in [0.15, 0.2) is 0 Å². The van der Waals surface area contributed by atoms with Crippen LogP contribution in [0.5, 0.6) is 0 Å². The highest BCUT2D eigenvalue weighted by atomic mass is 16.3. The molecule has 20 heavy (non-hydrogen) atoms. The number of nitrogens with zero attached hydrogens (tertiary/aromatic N) is 1. The molecule has 4 nitrogen and oxygen atoms in total. The Bertz CT molecular complexity index is 587. The Balaban J connectivity index is 1.78. The van der Waals surface area contributed by atoms with Gasteiger partial charge in [-0.25, -0.2) is 0 Å². The fourth-order valence-corrected chi connectivity index (χ4v) is 2.84. The van der Waals surface area contributed by atoms with Crippen LogP contribution >= 0.6 is 0 Å². The van der Waals surface area contributed by atoms with Gasteiger partial charge in [-0.05, 0) is 37.9 Å². The van der Waals surface area contributed by atoms with E-state index in [-0.39, 0.29) is 11.8 Å². The van der Waals surface area contributed by atoms with Crippen molar-refractivity contribution in [1.82, 2.24) is 4.90 Å². The smallest absolute Gasteiger partial charge is 0.233 e. The van der Waals surface area contributed by atoms with Crippen LogP contribution in [0.4, 0.5) is 0 Å². The lowest BCUT2D eigenvalue weighted by atomic mass is 10.1. The van der Waals surface area contributed by atoms with E-state index < -0.39 is 0 Å². The summed E-state index contributed by atoms with van der Waals surface area (Å²) in [7, 11) is 0.